The fourth-order valence-corrected chi connectivity index (χ4v) is 7.86. The van der Waals surface area contributed by atoms with Gasteiger partial charge in [0, 0.05) is 60.7 Å². The summed E-state index contributed by atoms with van der Waals surface area (Å²) in [6.45, 7) is 4.94. The molecule has 4 aromatic carbocycles. The molecule has 7 aromatic rings. The van der Waals surface area contributed by atoms with E-state index in [1.54, 1.807) is 41.9 Å². The van der Waals surface area contributed by atoms with Crippen molar-refractivity contribution in [2.24, 2.45) is 5.73 Å². The molecule has 11 nitrogen and oxygen atoms in total. The Labute approximate surface area is 406 Å². The summed E-state index contributed by atoms with van der Waals surface area (Å²) in [7, 11) is 0. The molecule has 2 atom stereocenters. The van der Waals surface area contributed by atoms with E-state index >= 15 is 8.78 Å². The van der Waals surface area contributed by atoms with Gasteiger partial charge in [0.25, 0.3) is 0 Å². The highest BCUT2D eigenvalue weighted by Gasteiger charge is 2.45. The second kappa shape index (κ2) is 23.4. The number of aromatic nitrogens is 3. The number of hydrogen-bond donors (Lipinski definition) is 3. The number of ketones is 2. The lowest BCUT2D eigenvalue weighted by atomic mass is 9.92. The van der Waals surface area contributed by atoms with Crippen molar-refractivity contribution >= 4 is 34.8 Å². The molecule has 3 heterocycles. The van der Waals surface area contributed by atoms with E-state index in [-0.39, 0.29) is 24.4 Å². The maximum Gasteiger partial charge on any atom is 0.382 e. The van der Waals surface area contributed by atoms with E-state index in [2.05, 4.69) is 20.3 Å². The van der Waals surface area contributed by atoms with Crippen LogP contribution in [0, 0.1) is 0 Å². The number of hydrogen-bond acceptors (Lipinski definition) is 11. The van der Waals surface area contributed by atoms with Gasteiger partial charge in [-0.2, -0.15) is 17.6 Å². The summed E-state index contributed by atoms with van der Waals surface area (Å²) in [5, 5.41) is 14.2. The lowest BCUT2D eigenvalue weighted by Gasteiger charge is -2.24. The number of rotatable bonds is 19. The summed E-state index contributed by atoms with van der Waals surface area (Å²) < 4.78 is 64.2. The van der Waals surface area contributed by atoms with E-state index in [1.165, 1.54) is 69.0 Å². The zero-order valence-corrected chi connectivity index (χ0v) is 39.3. The SMILES string of the molecule is CC(C)(C)OC(=O)C(F)(F)c1cc(CC(=O)[C@@H](N)Cc2ccccc2)cc(-c2ccncc2)c1.O=C(Cc1cc(-c2ccncc2)cc(C(F)(F)C(=O)O)c1)[C@H](Cc1ccccc1)NCc1cscn1. The maximum atomic E-state index is 15.1. The maximum absolute atomic E-state index is 15.1. The second-order valence-corrected chi connectivity index (χ2v) is 18.2. The van der Waals surface area contributed by atoms with Gasteiger partial charge in [0.05, 0.1) is 23.3 Å². The van der Waals surface area contributed by atoms with E-state index < -0.39 is 52.6 Å². The number of nitrogens with two attached hydrogens (primary N) is 1. The van der Waals surface area contributed by atoms with Crippen molar-refractivity contribution in [1.29, 1.82) is 0 Å². The van der Waals surface area contributed by atoms with Crippen LogP contribution in [0.25, 0.3) is 22.3 Å². The zero-order valence-electron chi connectivity index (χ0n) is 38.5. The summed E-state index contributed by atoms with van der Waals surface area (Å²) >= 11 is 1.45. The van der Waals surface area contributed by atoms with Crippen LogP contribution in [0.2, 0.25) is 0 Å². The number of carbonyl (C=O) groups excluding carboxylic acids is 3. The smallest absolute Gasteiger partial charge is 0.382 e. The zero-order chi connectivity index (χ0) is 50.5. The Morgan fingerprint density at radius 2 is 1.13 bits per heavy atom. The molecule has 362 valence electrons. The number of nitrogens with one attached hydrogen (secondary N) is 1. The van der Waals surface area contributed by atoms with Gasteiger partial charge in [0.2, 0.25) is 0 Å². The van der Waals surface area contributed by atoms with Crippen LogP contribution in [0.3, 0.4) is 0 Å². The highest BCUT2D eigenvalue weighted by molar-refractivity contribution is 7.07. The van der Waals surface area contributed by atoms with Crippen molar-refractivity contribution in [2.45, 2.75) is 82.5 Å². The number of aliphatic carboxylic acids is 1. The summed E-state index contributed by atoms with van der Waals surface area (Å²) in [5.74, 6) is -12.4. The number of alkyl halides is 4. The molecule has 4 N–H and O–H groups in total. The van der Waals surface area contributed by atoms with Crippen LogP contribution in [-0.2, 0) is 68.0 Å². The molecule has 3 aromatic heterocycles. The van der Waals surface area contributed by atoms with Crippen molar-refractivity contribution < 1.29 is 46.6 Å². The molecule has 0 unspecified atom stereocenters. The van der Waals surface area contributed by atoms with Crippen molar-refractivity contribution in [1.82, 2.24) is 20.3 Å². The van der Waals surface area contributed by atoms with E-state index in [0.717, 1.165) is 29.0 Å². The molecular weight excluding hydrogens is 923 g/mol. The third kappa shape index (κ3) is 14.6. The first-order valence-corrected chi connectivity index (χ1v) is 23.0. The van der Waals surface area contributed by atoms with Crippen LogP contribution in [-0.4, -0.2) is 61.2 Å². The largest absolute Gasteiger partial charge is 0.477 e. The molecule has 0 radical (unpaired) electrons. The average molecular weight is 974 g/mol. The highest BCUT2D eigenvalue weighted by Crippen LogP contribution is 2.36. The molecule has 16 heteroatoms. The first-order valence-electron chi connectivity index (χ1n) is 22.1. The van der Waals surface area contributed by atoms with Gasteiger partial charge in [-0.15, -0.1) is 11.3 Å². The first-order chi connectivity index (χ1) is 33.3. The predicted octanol–water partition coefficient (Wildman–Crippen LogP) is 9.76. The number of carboxylic acids is 1. The molecule has 0 bridgehead atoms. The van der Waals surface area contributed by atoms with Crippen LogP contribution in [0.5, 0.6) is 0 Å². The van der Waals surface area contributed by atoms with Gasteiger partial charge >= 0.3 is 23.8 Å². The Bertz CT molecular complexity index is 2850. The number of benzene rings is 4. The Hall–Kier alpha value is -7.27. The number of Topliss-reactive ketones (excluding diaryl/α,β-unsaturated/α-hetero) is 2. The average Bonchev–Trinajstić information content (AvgIpc) is 3.87. The molecule has 0 fully saturated rings. The minimum Gasteiger partial charge on any atom is -0.477 e. The van der Waals surface area contributed by atoms with Gasteiger partial charge in [-0.1, -0.05) is 72.8 Å². The molecular formula is C54H51F4N5O6S. The third-order valence-electron chi connectivity index (χ3n) is 10.8. The Morgan fingerprint density at radius 1 is 0.643 bits per heavy atom. The fourth-order valence-electron chi connectivity index (χ4n) is 7.30. The Kier molecular flexibility index (Phi) is 17.4. The molecule has 0 spiro atoms. The molecule has 0 aliphatic heterocycles. The minimum absolute atomic E-state index is 0.148. The molecule has 7 rings (SSSR count). The predicted molar refractivity (Wildman–Crippen MR) is 259 cm³/mol. The van der Waals surface area contributed by atoms with Crippen LogP contribution >= 0.6 is 11.3 Å². The quantitative estimate of drug-likeness (QED) is 0.0520. The van der Waals surface area contributed by atoms with Gasteiger partial charge in [-0.3, -0.25) is 19.6 Å². The van der Waals surface area contributed by atoms with Gasteiger partial charge in [-0.25, -0.2) is 14.6 Å². The normalized spacial score (nSPS) is 12.5. The highest BCUT2D eigenvalue weighted by atomic mass is 32.1. The molecule has 0 aliphatic rings. The molecule has 0 amide bonds. The molecule has 0 saturated carbocycles. The number of pyridine rings is 2. The molecule has 70 heavy (non-hydrogen) atoms. The summed E-state index contributed by atoms with van der Waals surface area (Å²) in [5.41, 5.74) is 10.8. The van der Waals surface area contributed by atoms with Gasteiger partial charge in [0.15, 0.2) is 11.6 Å². The van der Waals surface area contributed by atoms with E-state index in [9.17, 15) is 28.0 Å². The fraction of sp³-hybridized carbons (Fsp3) is 0.241. The lowest BCUT2D eigenvalue weighted by Crippen LogP contribution is -2.39. The molecule has 0 aliphatic carbocycles. The van der Waals surface area contributed by atoms with Gasteiger partial charge in [0.1, 0.15) is 5.60 Å². The summed E-state index contributed by atoms with van der Waals surface area (Å²) in [6, 6.07) is 31.9. The number of esters is 1. The van der Waals surface area contributed by atoms with Gasteiger partial charge < -0.3 is 20.9 Å². The Morgan fingerprint density at radius 3 is 1.60 bits per heavy atom. The topological polar surface area (TPSA) is 174 Å². The van der Waals surface area contributed by atoms with Crippen LogP contribution in [0.4, 0.5) is 17.6 Å². The summed E-state index contributed by atoms with van der Waals surface area (Å²) in [4.78, 5) is 62.0. The first kappa shape index (κ1) is 52.1. The molecule has 0 saturated heterocycles. The van der Waals surface area contributed by atoms with Crippen molar-refractivity contribution in [2.75, 3.05) is 0 Å². The minimum atomic E-state index is -4.10. The number of nitrogens with zero attached hydrogens (tertiary/aromatic N) is 3. The van der Waals surface area contributed by atoms with Crippen LogP contribution < -0.4 is 11.1 Å². The van der Waals surface area contributed by atoms with Crippen molar-refractivity contribution in [3.8, 4) is 22.3 Å². The van der Waals surface area contributed by atoms with Crippen molar-refractivity contribution in [3.63, 3.8) is 0 Å². The van der Waals surface area contributed by atoms with E-state index in [0.29, 0.717) is 52.8 Å². The van der Waals surface area contributed by atoms with Crippen molar-refractivity contribution in [3.05, 3.63) is 196 Å². The monoisotopic (exact) mass is 973 g/mol. The number of halogens is 4. The van der Waals surface area contributed by atoms with E-state index in [4.69, 9.17) is 15.6 Å². The summed E-state index contributed by atoms with van der Waals surface area (Å²) in [6.07, 6.45) is 6.55. The number of thiazole rings is 1. The van der Waals surface area contributed by atoms with E-state index in [1.807, 2.05) is 66.0 Å². The third-order valence-corrected chi connectivity index (χ3v) is 11.5. The number of ether oxygens (including phenoxy) is 1. The van der Waals surface area contributed by atoms with Crippen LogP contribution in [0.15, 0.2) is 157 Å². The van der Waals surface area contributed by atoms with Gasteiger partial charge in [-0.05, 0) is 127 Å². The second-order valence-electron chi connectivity index (χ2n) is 17.5. The number of carboxylic acid groups (broad SMARTS) is 1. The standard InChI is InChI=1S/C27H23F2N3O3S.C27H28F2N2O3/c28-27(29,26(34)35)22-11-19(10-21(14-22)20-6-8-30-9-7-20)13-25(33)24(12-18-4-2-1-3-5-18)31-15-23-16-36-17-32-23;1-26(2,3)34-25(33)27(28,29)22-14-19(13-21(17-22)20-9-11-31-12-10-20)16-24(32)23(30)15-18-7-5-4-6-8-18/h1-11,14,16-17,24,31H,12-13,15H2,(H,34,35);4-14,17,23H,15-16,30H2,1-3H3/t24-;23-/m00/s1. The Balaban J connectivity index is 0.000000230. The number of carbonyl (C=O) groups is 4. The van der Waals surface area contributed by atoms with Crippen LogP contribution in [0.1, 0.15) is 59.8 Å². The lowest BCUT2D eigenvalue weighted by molar-refractivity contribution is -0.185.